The fourth-order valence-electron chi connectivity index (χ4n) is 6.13. The zero-order valence-electron chi connectivity index (χ0n) is 26.5. The van der Waals surface area contributed by atoms with E-state index in [1.807, 2.05) is 56.4 Å². The van der Waals surface area contributed by atoms with Crippen molar-refractivity contribution in [2.45, 2.75) is 52.1 Å². The van der Waals surface area contributed by atoms with Crippen molar-refractivity contribution in [2.24, 2.45) is 5.92 Å². The van der Waals surface area contributed by atoms with Gasteiger partial charge in [0.25, 0.3) is 0 Å². The van der Waals surface area contributed by atoms with Crippen LogP contribution >= 0.6 is 0 Å². The maximum absolute atomic E-state index is 13.9. The number of benzene rings is 2. The lowest BCUT2D eigenvalue weighted by Gasteiger charge is -2.21. The number of carbonyl (C=O) groups is 2. The Labute approximate surface area is 262 Å². The average Bonchev–Trinajstić information content (AvgIpc) is 3.38. The number of nitrogens with one attached hydrogen (secondary N) is 4. The van der Waals surface area contributed by atoms with Gasteiger partial charge < -0.3 is 35.1 Å². The molecule has 4 N–H and O–H groups in total. The number of fused-ring (bicyclic) bond motifs is 4. The Hall–Kier alpha value is -4.99. The van der Waals surface area contributed by atoms with Crippen LogP contribution in [0, 0.1) is 5.92 Å². The van der Waals surface area contributed by atoms with Crippen molar-refractivity contribution < 1.29 is 23.8 Å². The summed E-state index contributed by atoms with van der Waals surface area (Å²) >= 11 is 0. The van der Waals surface area contributed by atoms with Crippen LogP contribution in [0.2, 0.25) is 0 Å². The van der Waals surface area contributed by atoms with Gasteiger partial charge in [0.1, 0.15) is 6.04 Å². The van der Waals surface area contributed by atoms with Crippen molar-refractivity contribution in [3.63, 3.8) is 0 Å². The van der Waals surface area contributed by atoms with Gasteiger partial charge in [0.2, 0.25) is 23.0 Å². The minimum Gasteiger partial charge on any atom is -0.493 e. The number of carbonyl (C=O) groups excluding carboxylic acids is 2. The molecule has 3 aromatic carbocycles. The lowest BCUT2D eigenvalue weighted by atomic mass is 9.95. The largest absolute Gasteiger partial charge is 0.493 e. The summed E-state index contributed by atoms with van der Waals surface area (Å²) in [5.74, 6) is 1.15. The van der Waals surface area contributed by atoms with E-state index in [0.29, 0.717) is 53.3 Å². The lowest BCUT2D eigenvalue weighted by Crippen LogP contribution is -2.37. The molecule has 5 rings (SSSR count). The normalized spacial score (nSPS) is 14.5. The van der Waals surface area contributed by atoms with E-state index in [-0.39, 0.29) is 28.8 Å². The molecule has 0 unspecified atom stereocenters. The van der Waals surface area contributed by atoms with Crippen molar-refractivity contribution in [3.8, 4) is 28.4 Å². The third-order valence-electron chi connectivity index (χ3n) is 8.12. The molecule has 0 bridgehead atoms. The SMILES string of the molecule is COc1cc2c(c(OC)c1OC)-c1ccc(N[C@@H](CC(C)C)C(=O)Nc3cccc4[nH]ccc34)c(=O)cc1[C@H](NC(C)=O)CC2. The highest BCUT2D eigenvalue weighted by Gasteiger charge is 2.30. The van der Waals surface area contributed by atoms with Crippen molar-refractivity contribution in [3.05, 3.63) is 76.1 Å². The maximum Gasteiger partial charge on any atom is 0.246 e. The van der Waals surface area contributed by atoms with Crippen LogP contribution in [0.25, 0.3) is 22.0 Å². The summed E-state index contributed by atoms with van der Waals surface area (Å²) in [5.41, 5.74) is 4.63. The quantitative estimate of drug-likeness (QED) is 0.178. The summed E-state index contributed by atoms with van der Waals surface area (Å²) in [4.78, 5) is 43.0. The zero-order chi connectivity index (χ0) is 32.2. The Kier molecular flexibility index (Phi) is 9.32. The lowest BCUT2D eigenvalue weighted by molar-refractivity contribution is -0.120. The van der Waals surface area contributed by atoms with Gasteiger partial charge in [-0.2, -0.15) is 0 Å². The summed E-state index contributed by atoms with van der Waals surface area (Å²) in [5, 5.41) is 10.2. The number of anilines is 2. The van der Waals surface area contributed by atoms with E-state index >= 15 is 0 Å². The van der Waals surface area contributed by atoms with Crippen LogP contribution < -0.4 is 35.6 Å². The van der Waals surface area contributed by atoms with Crippen molar-refractivity contribution >= 4 is 34.1 Å². The second-order valence-corrected chi connectivity index (χ2v) is 11.7. The van der Waals surface area contributed by atoms with E-state index in [4.69, 9.17) is 14.2 Å². The van der Waals surface area contributed by atoms with Crippen molar-refractivity contribution in [1.82, 2.24) is 10.3 Å². The van der Waals surface area contributed by atoms with Crippen molar-refractivity contribution in [2.75, 3.05) is 32.0 Å². The predicted molar refractivity (Wildman–Crippen MR) is 176 cm³/mol. The number of methoxy groups -OCH3 is 3. The molecule has 2 amide bonds. The predicted octanol–water partition coefficient (Wildman–Crippen LogP) is 5.81. The van der Waals surface area contributed by atoms with Gasteiger partial charge in [-0.1, -0.05) is 26.0 Å². The summed E-state index contributed by atoms with van der Waals surface area (Å²) in [7, 11) is 4.67. The Morgan fingerprint density at radius 3 is 2.44 bits per heavy atom. The summed E-state index contributed by atoms with van der Waals surface area (Å²) in [6, 6.07) is 13.5. The van der Waals surface area contributed by atoms with Gasteiger partial charge >= 0.3 is 0 Å². The molecular formula is C35H40N4O6. The third kappa shape index (κ3) is 6.45. The van der Waals surface area contributed by atoms with Crippen LogP contribution in [-0.2, 0) is 16.0 Å². The zero-order valence-corrected chi connectivity index (χ0v) is 26.5. The number of aryl methyl sites for hydroxylation is 1. The molecule has 0 aliphatic heterocycles. The molecule has 10 nitrogen and oxygen atoms in total. The molecule has 1 aliphatic carbocycles. The molecule has 1 aromatic heterocycles. The molecule has 0 saturated heterocycles. The Balaban J connectivity index is 1.61. The first-order valence-corrected chi connectivity index (χ1v) is 15.1. The molecule has 10 heteroatoms. The highest BCUT2D eigenvalue weighted by molar-refractivity contribution is 6.04. The standard InChI is InChI=1S/C35H40N4O6/c1-19(2)16-29(35(42)39-26-9-7-8-25-23(26)14-15-36-25)38-28-13-11-22-24(18-30(28)41)27(37-20(3)40)12-10-21-17-31(43-4)33(44-5)34(45-6)32(21)22/h7-9,11,13-15,17-19,27,29,36H,10,12,16H2,1-6H3,(H,37,40)(H,38,41)(H,39,42)/t27-,29+/m1/s1. The van der Waals surface area contributed by atoms with E-state index in [0.717, 1.165) is 22.0 Å². The fraction of sp³-hybridized carbons (Fsp3) is 0.343. The van der Waals surface area contributed by atoms with Gasteiger partial charge in [0.15, 0.2) is 11.5 Å². The highest BCUT2D eigenvalue weighted by Crippen LogP contribution is 2.50. The van der Waals surface area contributed by atoms with Crippen molar-refractivity contribution in [1.29, 1.82) is 0 Å². The van der Waals surface area contributed by atoms with E-state index < -0.39 is 12.1 Å². The van der Waals surface area contributed by atoms with E-state index in [9.17, 15) is 14.4 Å². The van der Waals surface area contributed by atoms with Crippen LogP contribution in [0.5, 0.6) is 17.2 Å². The van der Waals surface area contributed by atoms with Crippen LogP contribution in [0.4, 0.5) is 11.4 Å². The number of hydrogen-bond donors (Lipinski definition) is 4. The first-order valence-electron chi connectivity index (χ1n) is 15.1. The minimum absolute atomic E-state index is 0.170. The second-order valence-electron chi connectivity index (χ2n) is 11.7. The average molecular weight is 613 g/mol. The van der Waals surface area contributed by atoms with E-state index in [1.54, 1.807) is 33.5 Å². The molecule has 0 radical (unpaired) electrons. The molecule has 4 aromatic rings. The molecule has 2 atom stereocenters. The van der Waals surface area contributed by atoms with Gasteiger partial charge in [0, 0.05) is 29.6 Å². The molecule has 236 valence electrons. The molecule has 45 heavy (non-hydrogen) atoms. The monoisotopic (exact) mass is 612 g/mol. The third-order valence-corrected chi connectivity index (χ3v) is 8.12. The topological polar surface area (TPSA) is 131 Å². The number of ether oxygens (including phenoxy) is 3. The first kappa shape index (κ1) is 31.4. The molecule has 0 saturated carbocycles. The van der Waals surface area contributed by atoms with Crippen LogP contribution in [0.15, 0.2) is 59.5 Å². The molecule has 1 heterocycles. The Morgan fingerprint density at radius 1 is 0.978 bits per heavy atom. The number of rotatable bonds is 10. The Bertz CT molecular complexity index is 1800. The highest BCUT2D eigenvalue weighted by atomic mass is 16.5. The smallest absolute Gasteiger partial charge is 0.246 e. The van der Waals surface area contributed by atoms with E-state index in [2.05, 4.69) is 20.9 Å². The number of aromatic nitrogens is 1. The summed E-state index contributed by atoms with van der Waals surface area (Å²) in [6.07, 6.45) is 3.47. The van der Waals surface area contributed by atoms with Gasteiger partial charge in [0.05, 0.1) is 38.7 Å². The number of hydrogen-bond acceptors (Lipinski definition) is 7. The van der Waals surface area contributed by atoms with Crippen LogP contribution in [0.1, 0.15) is 50.8 Å². The molecule has 0 fully saturated rings. The van der Waals surface area contributed by atoms with Gasteiger partial charge in [-0.25, -0.2) is 0 Å². The fourth-order valence-corrected chi connectivity index (χ4v) is 6.13. The van der Waals surface area contributed by atoms with Crippen LogP contribution in [0.3, 0.4) is 0 Å². The maximum atomic E-state index is 13.9. The molecule has 0 spiro atoms. The summed E-state index contributed by atoms with van der Waals surface area (Å²) in [6.45, 7) is 5.52. The summed E-state index contributed by atoms with van der Waals surface area (Å²) < 4.78 is 17.2. The van der Waals surface area contributed by atoms with Crippen LogP contribution in [-0.4, -0.2) is 44.2 Å². The van der Waals surface area contributed by atoms with Gasteiger partial charge in [-0.3, -0.25) is 14.4 Å². The number of aromatic amines is 1. The van der Waals surface area contributed by atoms with E-state index in [1.165, 1.54) is 6.92 Å². The van der Waals surface area contributed by atoms with Gasteiger partial charge in [-0.05, 0) is 78.3 Å². The minimum atomic E-state index is -0.688. The molecule has 1 aliphatic rings. The second kappa shape index (κ2) is 13.3. The van der Waals surface area contributed by atoms with Gasteiger partial charge in [-0.15, -0.1) is 0 Å². The number of H-pyrrole nitrogens is 1. The number of amides is 2. The Morgan fingerprint density at radius 2 is 1.76 bits per heavy atom. The molecular weight excluding hydrogens is 572 g/mol. The first-order chi connectivity index (χ1) is 21.6.